The number of nitrogens with one attached hydrogen (secondary N) is 1. The molecule has 0 spiro atoms. The summed E-state index contributed by atoms with van der Waals surface area (Å²) < 4.78 is 42.7. The van der Waals surface area contributed by atoms with Gasteiger partial charge in [-0.2, -0.15) is 0 Å². The van der Waals surface area contributed by atoms with E-state index in [9.17, 15) is 18.0 Å². The smallest absolute Gasteiger partial charge is 0.319 e. The minimum absolute atomic E-state index is 0.0274. The number of urea groups is 1. The third-order valence-corrected chi connectivity index (χ3v) is 14.2. The van der Waals surface area contributed by atoms with Crippen LogP contribution in [-0.2, 0) is 27.8 Å². The summed E-state index contributed by atoms with van der Waals surface area (Å²) in [7, 11) is 1.38. The van der Waals surface area contributed by atoms with Crippen LogP contribution >= 0.6 is 11.6 Å². The Bertz CT molecular complexity index is 1780. The number of methoxy groups -OCH3 is 1. The van der Waals surface area contributed by atoms with Crippen LogP contribution in [0.4, 0.5) is 10.5 Å². The molecule has 1 saturated heterocycles. The maximum atomic E-state index is 13.6. The molecule has 2 fully saturated rings. The highest BCUT2D eigenvalue weighted by atomic mass is 35.5. The van der Waals surface area contributed by atoms with Crippen LogP contribution in [0.5, 0.6) is 5.75 Å². The predicted octanol–water partition coefficient (Wildman–Crippen LogP) is 5.82. The van der Waals surface area contributed by atoms with Crippen molar-refractivity contribution in [2.24, 2.45) is 17.8 Å². The molecule has 0 aromatic heterocycles. The number of carbonyl (C=O) groups is 2. The van der Waals surface area contributed by atoms with Gasteiger partial charge in [0.1, 0.15) is 18.0 Å². The van der Waals surface area contributed by atoms with Crippen molar-refractivity contribution >= 4 is 39.2 Å². The van der Waals surface area contributed by atoms with Crippen molar-refractivity contribution in [2.45, 2.75) is 69.8 Å². The Kier molecular flexibility index (Phi) is 12.3. The highest BCUT2D eigenvalue weighted by Gasteiger charge is 2.48. The number of hydrogen-bond acceptors (Lipinski definition) is 8. The third kappa shape index (κ3) is 8.82. The fourth-order valence-electron chi connectivity index (χ4n) is 8.36. The minimum atomic E-state index is -3.98. The average Bonchev–Trinajstić information content (AvgIpc) is 3.15. The van der Waals surface area contributed by atoms with Crippen molar-refractivity contribution < 1.29 is 27.5 Å². The lowest BCUT2D eigenvalue weighted by molar-refractivity contribution is -0.0945. The standard InChI is InChI=1S/C40H56ClN5O6S/c1-28-9-8-17-40(51-5,27-44-19-21-45(22-20-44)39(48)43(3)4)35-15-12-32(35)25-46-18-7-6-10-30-23-34(41)14-11-33(30)26-52-37-16-13-31(24-36(37)46)38(47)42-53(49,50)29(28)2/h8,11,13-14,16-17,23-24,28-29,32,35H,6-7,9-10,12,15,18-22,25-27H2,1-5H3,(H,42,47)/b17-8+/t28-,29+,32-,35+,40+/m0/s1. The maximum absolute atomic E-state index is 13.6. The summed E-state index contributed by atoms with van der Waals surface area (Å²) in [6.45, 7) is 8.85. The van der Waals surface area contributed by atoms with Gasteiger partial charge in [0.25, 0.3) is 5.91 Å². The Morgan fingerprint density at radius 3 is 2.51 bits per heavy atom. The number of hydrogen-bond donors (Lipinski definition) is 1. The Hall–Kier alpha value is -3.32. The molecule has 1 saturated carbocycles. The summed E-state index contributed by atoms with van der Waals surface area (Å²) in [5.74, 6) is 0.249. The van der Waals surface area contributed by atoms with E-state index >= 15 is 0 Å². The Morgan fingerprint density at radius 1 is 1.04 bits per heavy atom. The number of piperazine rings is 1. The van der Waals surface area contributed by atoms with Gasteiger partial charge in [0.15, 0.2) is 0 Å². The molecule has 2 aromatic carbocycles. The number of allylic oxidation sites excluding steroid dienone is 1. The summed E-state index contributed by atoms with van der Waals surface area (Å²) in [5, 5.41) is -0.108. The molecule has 1 N–H and O–H groups in total. The normalized spacial score (nSPS) is 28.9. The van der Waals surface area contributed by atoms with Crippen LogP contribution in [0.3, 0.4) is 0 Å². The number of rotatable bonds is 3. The van der Waals surface area contributed by atoms with Gasteiger partial charge in [-0.15, -0.1) is 0 Å². The fourth-order valence-corrected chi connectivity index (χ4v) is 9.84. The molecule has 1 aliphatic carbocycles. The molecule has 3 amide bonds. The first kappa shape index (κ1) is 39.4. The van der Waals surface area contributed by atoms with Gasteiger partial charge in [0, 0.05) is 77.6 Å². The van der Waals surface area contributed by atoms with Crippen molar-refractivity contribution in [2.75, 3.05) is 71.9 Å². The first-order valence-electron chi connectivity index (χ1n) is 19.1. The van der Waals surface area contributed by atoms with Gasteiger partial charge < -0.3 is 24.2 Å². The number of sulfonamides is 1. The van der Waals surface area contributed by atoms with Gasteiger partial charge in [-0.25, -0.2) is 17.9 Å². The minimum Gasteiger partial charge on any atom is -0.487 e. The Balaban J connectivity index is 1.36. The van der Waals surface area contributed by atoms with Crippen LogP contribution in [0.1, 0.15) is 67.4 Å². The predicted molar refractivity (Wildman–Crippen MR) is 209 cm³/mol. The van der Waals surface area contributed by atoms with Crippen LogP contribution in [-0.4, -0.2) is 113 Å². The van der Waals surface area contributed by atoms with E-state index < -0.39 is 26.8 Å². The van der Waals surface area contributed by atoms with Crippen LogP contribution in [0.25, 0.3) is 0 Å². The number of anilines is 1. The van der Waals surface area contributed by atoms with Crippen LogP contribution < -0.4 is 14.4 Å². The van der Waals surface area contributed by atoms with Crippen molar-refractivity contribution in [1.29, 1.82) is 0 Å². The third-order valence-electron chi connectivity index (χ3n) is 12.0. The number of benzene rings is 2. The van der Waals surface area contributed by atoms with Gasteiger partial charge in [0.2, 0.25) is 10.0 Å². The quantitative estimate of drug-likeness (QED) is 0.390. The molecule has 13 heteroatoms. The lowest BCUT2D eigenvalue weighted by atomic mass is 9.63. The second kappa shape index (κ2) is 16.6. The zero-order valence-corrected chi connectivity index (χ0v) is 33.4. The van der Waals surface area contributed by atoms with Crippen molar-refractivity contribution in [3.8, 4) is 5.75 Å². The van der Waals surface area contributed by atoms with Crippen molar-refractivity contribution in [3.05, 3.63) is 70.3 Å². The molecule has 0 radical (unpaired) electrons. The zero-order valence-electron chi connectivity index (χ0n) is 31.9. The molecule has 2 aromatic rings. The zero-order chi connectivity index (χ0) is 37.9. The molecule has 5 atom stereocenters. The van der Waals surface area contributed by atoms with Gasteiger partial charge in [-0.3, -0.25) is 9.69 Å². The van der Waals surface area contributed by atoms with E-state index in [0.717, 1.165) is 69.5 Å². The van der Waals surface area contributed by atoms with Gasteiger partial charge in [-0.05, 0) is 105 Å². The monoisotopic (exact) mass is 769 g/mol. The molecule has 0 unspecified atom stereocenters. The van der Waals surface area contributed by atoms with Crippen LogP contribution in [0, 0.1) is 17.8 Å². The molecule has 290 valence electrons. The summed E-state index contributed by atoms with van der Waals surface area (Å²) in [4.78, 5) is 34.6. The molecule has 3 aliphatic heterocycles. The molecular formula is C40H56ClN5O6S. The largest absolute Gasteiger partial charge is 0.487 e. The molecular weight excluding hydrogens is 714 g/mol. The summed E-state index contributed by atoms with van der Waals surface area (Å²) in [6, 6.07) is 11.2. The number of nitrogens with zero attached hydrogens (tertiary/aromatic N) is 4. The summed E-state index contributed by atoms with van der Waals surface area (Å²) in [5.41, 5.74) is 2.69. The van der Waals surface area contributed by atoms with E-state index in [4.69, 9.17) is 21.1 Å². The number of halogens is 1. The average molecular weight is 770 g/mol. The molecule has 53 heavy (non-hydrogen) atoms. The fraction of sp³-hybridized carbons (Fsp3) is 0.600. The number of ether oxygens (including phenoxy) is 2. The van der Waals surface area contributed by atoms with Gasteiger partial charge in [-0.1, -0.05) is 36.7 Å². The second-order valence-electron chi connectivity index (χ2n) is 15.6. The molecule has 6 rings (SSSR count). The molecule has 11 nitrogen and oxygen atoms in total. The van der Waals surface area contributed by atoms with E-state index in [1.54, 1.807) is 51.2 Å². The highest BCUT2D eigenvalue weighted by molar-refractivity contribution is 7.90. The summed E-state index contributed by atoms with van der Waals surface area (Å²) >= 11 is 6.40. The van der Waals surface area contributed by atoms with E-state index in [-0.39, 0.29) is 23.4 Å². The first-order valence-corrected chi connectivity index (χ1v) is 21.0. The maximum Gasteiger partial charge on any atom is 0.319 e. The van der Waals surface area contributed by atoms with Gasteiger partial charge in [0.05, 0.1) is 10.9 Å². The van der Waals surface area contributed by atoms with E-state index in [1.807, 2.05) is 30.0 Å². The lowest BCUT2D eigenvalue weighted by Gasteiger charge is -2.52. The first-order chi connectivity index (χ1) is 25.3. The Labute approximate surface area is 320 Å². The molecule has 2 bridgehead atoms. The number of amides is 3. The van der Waals surface area contributed by atoms with Crippen LogP contribution in [0.2, 0.25) is 5.02 Å². The topological polar surface area (TPSA) is 112 Å². The summed E-state index contributed by atoms with van der Waals surface area (Å²) in [6.07, 6.45) is 9.56. The van der Waals surface area contributed by atoms with E-state index in [2.05, 4.69) is 26.7 Å². The van der Waals surface area contributed by atoms with Gasteiger partial charge >= 0.3 is 6.03 Å². The second-order valence-corrected chi connectivity index (χ2v) is 18.1. The van der Waals surface area contributed by atoms with Crippen LogP contribution in [0.15, 0.2) is 48.6 Å². The number of carbonyl (C=O) groups excluding carboxylic acids is 2. The lowest BCUT2D eigenvalue weighted by Crippen LogP contribution is -2.59. The number of fused-ring (bicyclic) bond motifs is 3. The SMILES string of the molecule is CO[C@@]1(CN2CCN(C(=O)N(C)C)CC2)/C=C/C[C@H](C)[C@@H](C)S(=O)(=O)NC(=O)c2ccc3c(c2)N(CCCCc2cc(Cl)ccc2CO3)C[C@@H]2CC[C@H]21. The van der Waals surface area contributed by atoms with Crippen molar-refractivity contribution in [1.82, 2.24) is 19.4 Å². The molecule has 3 heterocycles. The highest BCUT2D eigenvalue weighted by Crippen LogP contribution is 2.47. The number of aryl methyl sites for hydroxylation is 1. The van der Waals surface area contributed by atoms with Crippen molar-refractivity contribution in [3.63, 3.8) is 0 Å². The Morgan fingerprint density at radius 2 is 1.81 bits per heavy atom. The van der Waals surface area contributed by atoms with E-state index in [0.29, 0.717) is 49.4 Å². The molecule has 4 aliphatic rings. The van der Waals surface area contributed by atoms with E-state index in [1.165, 1.54) is 5.56 Å².